The van der Waals surface area contributed by atoms with E-state index in [1.54, 1.807) is 26.2 Å². The van der Waals surface area contributed by atoms with E-state index in [0.29, 0.717) is 4.70 Å². The molecule has 0 radical (unpaired) electrons. The molecule has 21 heavy (non-hydrogen) atoms. The smallest absolute Gasteiger partial charge is 0.266 e. The zero-order valence-electron chi connectivity index (χ0n) is 12.0. The summed E-state index contributed by atoms with van der Waals surface area (Å²) in [5.41, 5.74) is 6.02. The fourth-order valence-electron chi connectivity index (χ4n) is 1.88. The molecule has 0 aliphatic heterocycles. The number of anilines is 1. The Kier molecular flexibility index (Phi) is 4.13. The number of amides is 2. The Labute approximate surface area is 125 Å². The maximum absolute atomic E-state index is 13.8. The van der Waals surface area contributed by atoms with Crippen molar-refractivity contribution in [3.63, 3.8) is 0 Å². The van der Waals surface area contributed by atoms with Crippen molar-refractivity contribution < 1.29 is 14.0 Å². The van der Waals surface area contributed by atoms with Gasteiger partial charge in [0, 0.05) is 25.8 Å². The molecule has 2 N–H and O–H groups in total. The molecule has 0 atom stereocenters. The average molecular weight is 309 g/mol. The Bertz CT molecular complexity index is 712. The third kappa shape index (κ3) is 2.82. The van der Waals surface area contributed by atoms with E-state index in [9.17, 15) is 14.0 Å². The fraction of sp³-hybridized carbons (Fsp3) is 0.286. The molecule has 2 amide bonds. The lowest BCUT2D eigenvalue weighted by atomic mass is 10.2. The van der Waals surface area contributed by atoms with Gasteiger partial charge in [-0.2, -0.15) is 0 Å². The number of rotatable bonds is 3. The molecule has 1 aromatic heterocycles. The van der Waals surface area contributed by atoms with Crippen molar-refractivity contribution in [2.75, 3.05) is 33.4 Å². The zero-order chi connectivity index (χ0) is 15.7. The van der Waals surface area contributed by atoms with Crippen LogP contribution in [0.1, 0.15) is 9.67 Å². The van der Waals surface area contributed by atoms with Crippen molar-refractivity contribution >= 4 is 38.9 Å². The van der Waals surface area contributed by atoms with E-state index in [2.05, 4.69) is 0 Å². The molecule has 2 rings (SSSR count). The summed E-state index contributed by atoms with van der Waals surface area (Å²) >= 11 is 1.13. The number of carbonyl (C=O) groups is 2. The molecule has 0 saturated carbocycles. The Morgan fingerprint density at radius 1 is 1.29 bits per heavy atom. The number of nitrogen functional groups attached to an aromatic ring is 1. The van der Waals surface area contributed by atoms with Crippen LogP contribution < -0.4 is 5.73 Å². The molecule has 0 bridgehead atoms. The van der Waals surface area contributed by atoms with Crippen LogP contribution in [0.2, 0.25) is 0 Å². The Hall–Kier alpha value is -2.15. The van der Waals surface area contributed by atoms with Gasteiger partial charge in [0.2, 0.25) is 5.91 Å². The number of fused-ring (bicyclic) bond motifs is 1. The van der Waals surface area contributed by atoms with E-state index in [-0.39, 0.29) is 34.3 Å². The van der Waals surface area contributed by atoms with E-state index >= 15 is 0 Å². The largest absolute Gasteiger partial charge is 0.397 e. The third-order valence-corrected chi connectivity index (χ3v) is 4.27. The molecular formula is C14H16FN3O2S. The number of nitrogens with zero attached hydrogens (tertiary/aromatic N) is 2. The molecule has 0 aliphatic rings. The van der Waals surface area contributed by atoms with Crippen LogP contribution in [-0.2, 0) is 4.79 Å². The quantitative estimate of drug-likeness (QED) is 0.940. The zero-order valence-corrected chi connectivity index (χ0v) is 12.8. The van der Waals surface area contributed by atoms with E-state index in [1.165, 1.54) is 22.9 Å². The Balaban J connectivity index is 2.34. The highest BCUT2D eigenvalue weighted by atomic mass is 32.1. The number of thiophene rings is 1. The highest BCUT2D eigenvalue weighted by molar-refractivity contribution is 7.21. The summed E-state index contributed by atoms with van der Waals surface area (Å²) in [6.45, 7) is -0.0536. The number of hydrogen-bond acceptors (Lipinski definition) is 4. The monoisotopic (exact) mass is 309 g/mol. The lowest BCUT2D eigenvalue weighted by Crippen LogP contribution is -2.37. The highest BCUT2D eigenvalue weighted by Gasteiger charge is 2.23. The van der Waals surface area contributed by atoms with E-state index < -0.39 is 5.82 Å². The maximum Gasteiger partial charge on any atom is 0.266 e. The molecule has 1 heterocycles. The van der Waals surface area contributed by atoms with Crippen LogP contribution in [0.3, 0.4) is 0 Å². The number of likely N-dealkylation sites (N-methyl/N-ethyl adjacent to an activating group) is 2. The van der Waals surface area contributed by atoms with Gasteiger partial charge in [-0.25, -0.2) is 4.39 Å². The lowest BCUT2D eigenvalue weighted by molar-refractivity contribution is -0.129. The van der Waals surface area contributed by atoms with Gasteiger partial charge in [-0.15, -0.1) is 11.3 Å². The third-order valence-electron chi connectivity index (χ3n) is 3.11. The summed E-state index contributed by atoms with van der Waals surface area (Å²) in [6, 6.07) is 4.58. The van der Waals surface area contributed by atoms with Crippen LogP contribution in [0.4, 0.5) is 10.1 Å². The lowest BCUT2D eigenvalue weighted by Gasteiger charge is -2.18. The summed E-state index contributed by atoms with van der Waals surface area (Å²) in [5.74, 6) is -1.03. The van der Waals surface area contributed by atoms with Crippen molar-refractivity contribution in [1.29, 1.82) is 0 Å². The first-order chi connectivity index (χ1) is 9.82. The summed E-state index contributed by atoms with van der Waals surface area (Å²) in [6.07, 6.45) is 0. The van der Waals surface area contributed by atoms with Crippen molar-refractivity contribution in [3.8, 4) is 0 Å². The summed E-state index contributed by atoms with van der Waals surface area (Å²) in [5, 5.41) is 0.262. The first-order valence-corrected chi connectivity index (χ1v) is 7.06. The number of carbonyl (C=O) groups excluding carboxylic acids is 2. The molecule has 7 heteroatoms. The van der Waals surface area contributed by atoms with Crippen molar-refractivity contribution in [3.05, 3.63) is 28.9 Å². The molecule has 2 aromatic rings. The molecule has 0 aliphatic carbocycles. The van der Waals surface area contributed by atoms with Crippen molar-refractivity contribution in [2.24, 2.45) is 0 Å². The molecule has 0 spiro atoms. The van der Waals surface area contributed by atoms with Crippen LogP contribution in [0.5, 0.6) is 0 Å². The number of benzene rings is 1. The van der Waals surface area contributed by atoms with Gasteiger partial charge >= 0.3 is 0 Å². The molecule has 1 aromatic carbocycles. The van der Waals surface area contributed by atoms with Crippen LogP contribution >= 0.6 is 11.3 Å². The van der Waals surface area contributed by atoms with Gasteiger partial charge in [0.05, 0.1) is 17.6 Å². The second kappa shape index (κ2) is 5.69. The molecule has 5 nitrogen and oxygen atoms in total. The topological polar surface area (TPSA) is 66.6 Å². The first-order valence-electron chi connectivity index (χ1n) is 6.25. The standard InChI is InChI=1S/C14H16FN3O2S/c1-17(2)10(19)7-18(3)14(20)13-12(16)11-8(15)5-4-6-9(11)21-13/h4-6H,7,16H2,1-3H3. The summed E-state index contributed by atoms with van der Waals surface area (Å²) in [7, 11) is 4.75. The average Bonchev–Trinajstić information content (AvgIpc) is 2.76. The van der Waals surface area contributed by atoms with Gasteiger partial charge in [-0.3, -0.25) is 9.59 Å². The minimum Gasteiger partial charge on any atom is -0.397 e. The minimum absolute atomic E-state index is 0.0536. The fourth-order valence-corrected chi connectivity index (χ4v) is 3.01. The molecule has 0 saturated heterocycles. The van der Waals surface area contributed by atoms with Gasteiger partial charge in [0.15, 0.2) is 0 Å². The normalized spacial score (nSPS) is 10.7. The van der Waals surface area contributed by atoms with Crippen molar-refractivity contribution in [1.82, 2.24) is 9.80 Å². The Morgan fingerprint density at radius 3 is 2.52 bits per heavy atom. The molecule has 112 valence electrons. The van der Waals surface area contributed by atoms with Gasteiger partial charge < -0.3 is 15.5 Å². The SMILES string of the molecule is CN(C)C(=O)CN(C)C(=O)c1sc2cccc(F)c2c1N. The number of halogens is 1. The predicted octanol–water partition coefficient (Wildman–Crippen LogP) is 1.78. The Morgan fingerprint density at radius 2 is 1.95 bits per heavy atom. The maximum atomic E-state index is 13.8. The summed E-state index contributed by atoms with van der Waals surface area (Å²) < 4.78 is 14.4. The van der Waals surface area contributed by atoms with Crippen LogP contribution in [0.15, 0.2) is 18.2 Å². The minimum atomic E-state index is -0.452. The van der Waals surface area contributed by atoms with Gasteiger partial charge in [0.25, 0.3) is 5.91 Å². The van der Waals surface area contributed by atoms with E-state index in [4.69, 9.17) is 5.73 Å². The van der Waals surface area contributed by atoms with Crippen LogP contribution in [0.25, 0.3) is 10.1 Å². The van der Waals surface area contributed by atoms with Crippen molar-refractivity contribution in [2.45, 2.75) is 0 Å². The second-order valence-corrected chi connectivity index (χ2v) is 5.96. The first kappa shape index (κ1) is 15.2. The summed E-state index contributed by atoms with van der Waals surface area (Å²) in [4.78, 5) is 26.9. The number of hydrogen-bond donors (Lipinski definition) is 1. The molecule has 0 fully saturated rings. The van der Waals surface area contributed by atoms with Gasteiger partial charge in [0.1, 0.15) is 10.7 Å². The van der Waals surface area contributed by atoms with E-state index in [1.807, 2.05) is 0 Å². The predicted molar refractivity (Wildman–Crippen MR) is 81.8 cm³/mol. The molecule has 0 unspecified atom stereocenters. The van der Waals surface area contributed by atoms with Gasteiger partial charge in [-0.1, -0.05) is 6.07 Å². The second-order valence-electron chi connectivity index (χ2n) is 4.91. The van der Waals surface area contributed by atoms with Crippen LogP contribution in [0, 0.1) is 5.82 Å². The highest BCUT2D eigenvalue weighted by Crippen LogP contribution is 2.35. The van der Waals surface area contributed by atoms with E-state index in [0.717, 1.165) is 11.3 Å². The van der Waals surface area contributed by atoms with Gasteiger partial charge in [-0.05, 0) is 12.1 Å². The number of nitrogens with two attached hydrogens (primary N) is 1. The molecular weight excluding hydrogens is 293 g/mol. The van der Waals surface area contributed by atoms with Crippen LogP contribution in [-0.4, -0.2) is 49.3 Å².